The van der Waals surface area contributed by atoms with Gasteiger partial charge < -0.3 is 15.5 Å². The van der Waals surface area contributed by atoms with Crippen LogP contribution in [0.15, 0.2) is 71.6 Å². The van der Waals surface area contributed by atoms with Crippen LogP contribution in [0.25, 0.3) is 0 Å². The van der Waals surface area contributed by atoms with Crippen molar-refractivity contribution in [1.82, 2.24) is 4.90 Å². The van der Waals surface area contributed by atoms with Gasteiger partial charge in [0.2, 0.25) is 11.8 Å². The van der Waals surface area contributed by atoms with Gasteiger partial charge in [0.1, 0.15) is 23.7 Å². The van der Waals surface area contributed by atoms with E-state index in [2.05, 4.69) is 0 Å². The molecule has 1 heterocycles. The van der Waals surface area contributed by atoms with E-state index in [0.29, 0.717) is 10.7 Å². The lowest BCUT2D eigenvalue weighted by atomic mass is 9.92. The van der Waals surface area contributed by atoms with Gasteiger partial charge in [-0.1, -0.05) is 61.2 Å². The Morgan fingerprint density at radius 3 is 2.33 bits per heavy atom. The molecule has 220 valence electrons. The van der Waals surface area contributed by atoms with Crippen LogP contribution in [0.5, 0.6) is 0 Å². The van der Waals surface area contributed by atoms with Crippen LogP contribution >= 0.6 is 23.4 Å². The van der Waals surface area contributed by atoms with E-state index in [1.165, 1.54) is 23.6 Å². The summed E-state index contributed by atoms with van der Waals surface area (Å²) >= 11 is 7.88. The molecule has 3 aromatic rings. The number of amides is 3. The third kappa shape index (κ3) is 6.32. The second kappa shape index (κ2) is 12.8. The lowest BCUT2D eigenvalue weighted by Crippen LogP contribution is -2.60. The summed E-state index contributed by atoms with van der Waals surface area (Å²) in [5.41, 5.74) is 7.30. The van der Waals surface area contributed by atoms with Crippen LogP contribution in [0.1, 0.15) is 55.4 Å². The maximum Gasteiger partial charge on any atom is 0.251 e. The van der Waals surface area contributed by atoms with Crippen LogP contribution < -0.4 is 10.6 Å². The fourth-order valence-electron chi connectivity index (χ4n) is 5.97. The number of rotatable bonds is 7. The molecule has 0 spiro atoms. The van der Waals surface area contributed by atoms with Crippen LogP contribution in [-0.2, 0) is 20.8 Å². The second-order valence-electron chi connectivity index (χ2n) is 10.8. The highest BCUT2D eigenvalue weighted by Gasteiger charge is 2.47. The quantitative estimate of drug-likeness (QED) is 0.333. The molecule has 6 nitrogen and oxygen atoms in total. The van der Waals surface area contributed by atoms with Crippen LogP contribution in [0.2, 0.25) is 5.02 Å². The number of anilines is 1. The van der Waals surface area contributed by atoms with Crippen molar-refractivity contribution in [1.29, 1.82) is 0 Å². The monoisotopic (exact) mass is 611 g/mol. The zero-order chi connectivity index (χ0) is 30.0. The number of carbonyl (C=O) groups is 3. The molecule has 1 aliphatic carbocycles. The molecule has 0 radical (unpaired) electrons. The Kier molecular flexibility index (Phi) is 9.18. The number of hydrogen-bond acceptors (Lipinski definition) is 4. The maximum absolute atomic E-state index is 14.9. The Bertz CT molecular complexity index is 1460. The molecule has 1 aliphatic heterocycles. The smallest absolute Gasteiger partial charge is 0.251 e. The van der Waals surface area contributed by atoms with E-state index < -0.39 is 47.2 Å². The Balaban J connectivity index is 1.68. The summed E-state index contributed by atoms with van der Waals surface area (Å²) in [5, 5.41) is -0.147. The van der Waals surface area contributed by atoms with E-state index in [1.54, 1.807) is 17.0 Å². The molecule has 1 fully saturated rings. The van der Waals surface area contributed by atoms with Crippen molar-refractivity contribution < 1.29 is 23.2 Å². The minimum atomic E-state index is -1.19. The summed E-state index contributed by atoms with van der Waals surface area (Å²) in [6.07, 6.45) is 4.12. The number of nitrogens with two attached hydrogens (primary N) is 1. The molecule has 10 heteroatoms. The van der Waals surface area contributed by atoms with Crippen molar-refractivity contribution in [3.63, 3.8) is 0 Å². The van der Waals surface area contributed by atoms with Crippen molar-refractivity contribution in [3.8, 4) is 0 Å². The summed E-state index contributed by atoms with van der Waals surface area (Å²) in [6, 6.07) is 15.1. The number of nitrogens with zero attached hydrogens (tertiary/aromatic N) is 2. The van der Waals surface area contributed by atoms with Crippen molar-refractivity contribution in [3.05, 3.63) is 94.5 Å². The van der Waals surface area contributed by atoms with E-state index in [4.69, 9.17) is 17.3 Å². The SMILES string of the molecule is C[C@@H](C(N)=O)N(C(=O)Cc1cc(F)cc(F)c1)[C@@H]1C(=O)N(C2CCCCC2)c2cc(Cl)ccc2S[C@@H]1c1ccccc1. The van der Waals surface area contributed by atoms with Crippen molar-refractivity contribution in [2.75, 3.05) is 4.90 Å². The summed E-state index contributed by atoms with van der Waals surface area (Å²) in [5.74, 6) is -3.44. The van der Waals surface area contributed by atoms with E-state index in [9.17, 15) is 23.2 Å². The number of thioether (sulfide) groups is 1. The Morgan fingerprint density at radius 1 is 1.02 bits per heavy atom. The fourth-order valence-corrected chi connectivity index (χ4v) is 7.51. The Morgan fingerprint density at radius 2 is 1.69 bits per heavy atom. The van der Waals surface area contributed by atoms with Gasteiger partial charge in [0.15, 0.2) is 0 Å². The van der Waals surface area contributed by atoms with E-state index in [-0.39, 0.29) is 17.5 Å². The minimum absolute atomic E-state index is 0.0864. The van der Waals surface area contributed by atoms with Gasteiger partial charge in [-0.15, -0.1) is 11.8 Å². The van der Waals surface area contributed by atoms with Gasteiger partial charge >= 0.3 is 0 Å². The van der Waals surface area contributed by atoms with Gasteiger partial charge in [-0.3, -0.25) is 14.4 Å². The van der Waals surface area contributed by atoms with Crippen molar-refractivity contribution >= 4 is 46.8 Å². The summed E-state index contributed by atoms with van der Waals surface area (Å²) in [7, 11) is 0. The first-order valence-electron chi connectivity index (χ1n) is 14.0. The number of primary amides is 1. The molecule has 2 aliphatic rings. The van der Waals surface area contributed by atoms with Crippen LogP contribution in [0.4, 0.5) is 14.5 Å². The maximum atomic E-state index is 14.9. The predicted molar refractivity (Wildman–Crippen MR) is 160 cm³/mol. The molecule has 3 aromatic carbocycles. The minimum Gasteiger partial charge on any atom is -0.368 e. The molecule has 0 bridgehead atoms. The average Bonchev–Trinajstić information content (AvgIpc) is 3.07. The zero-order valence-corrected chi connectivity index (χ0v) is 24.7. The fraction of sp³-hybridized carbons (Fsp3) is 0.344. The second-order valence-corrected chi connectivity index (χ2v) is 12.5. The highest BCUT2D eigenvalue weighted by atomic mass is 35.5. The summed E-state index contributed by atoms with van der Waals surface area (Å²) in [4.78, 5) is 45.5. The van der Waals surface area contributed by atoms with Crippen LogP contribution in [0, 0.1) is 11.6 Å². The van der Waals surface area contributed by atoms with Gasteiger partial charge in [0.25, 0.3) is 5.91 Å². The molecule has 42 heavy (non-hydrogen) atoms. The summed E-state index contributed by atoms with van der Waals surface area (Å²) in [6.45, 7) is 1.48. The van der Waals surface area contributed by atoms with Crippen LogP contribution in [-0.4, -0.2) is 40.7 Å². The molecule has 3 amide bonds. The van der Waals surface area contributed by atoms with Crippen LogP contribution in [0.3, 0.4) is 0 Å². The highest BCUT2D eigenvalue weighted by molar-refractivity contribution is 7.99. The molecule has 0 unspecified atom stereocenters. The predicted octanol–water partition coefficient (Wildman–Crippen LogP) is 6.44. The molecular weight excluding hydrogens is 580 g/mol. The van der Waals surface area contributed by atoms with Crippen molar-refractivity contribution in [2.24, 2.45) is 5.73 Å². The third-order valence-electron chi connectivity index (χ3n) is 7.97. The zero-order valence-electron chi connectivity index (χ0n) is 23.1. The molecular formula is C32H32ClF2N3O3S. The van der Waals surface area contributed by atoms with Gasteiger partial charge in [-0.2, -0.15) is 0 Å². The van der Waals surface area contributed by atoms with Gasteiger partial charge in [-0.05, 0) is 61.2 Å². The highest BCUT2D eigenvalue weighted by Crippen LogP contribution is 2.49. The first-order valence-corrected chi connectivity index (χ1v) is 15.3. The summed E-state index contributed by atoms with van der Waals surface area (Å²) < 4.78 is 28.1. The van der Waals surface area contributed by atoms with E-state index in [0.717, 1.165) is 60.8 Å². The van der Waals surface area contributed by atoms with E-state index >= 15 is 0 Å². The number of halogens is 3. The standard InChI is InChI=1S/C32H32ClF2N3O3S/c1-19(31(36)40)37(28(39)16-20-14-23(34)18-24(35)15-20)29-30(21-8-4-2-5-9-21)42-27-13-12-22(33)17-26(27)38(32(29)41)25-10-6-3-7-11-25/h2,4-5,8-9,12-15,17-19,25,29-30H,3,6-7,10-11,16H2,1H3,(H2,36,40)/t19-,29-,30+/m0/s1. The van der Waals surface area contributed by atoms with Gasteiger partial charge in [-0.25, -0.2) is 8.78 Å². The Hall–Kier alpha value is -3.43. The van der Waals surface area contributed by atoms with E-state index in [1.807, 2.05) is 36.4 Å². The van der Waals surface area contributed by atoms with Crippen molar-refractivity contribution in [2.45, 2.75) is 73.7 Å². The molecule has 0 aromatic heterocycles. The third-order valence-corrected chi connectivity index (χ3v) is 9.59. The first-order chi connectivity index (χ1) is 20.1. The molecule has 1 saturated carbocycles. The molecule has 3 atom stereocenters. The lowest BCUT2D eigenvalue weighted by Gasteiger charge is -2.41. The molecule has 0 saturated heterocycles. The average molecular weight is 612 g/mol. The number of carbonyl (C=O) groups excluding carboxylic acids is 3. The number of hydrogen-bond donors (Lipinski definition) is 1. The Labute approximate surface area is 253 Å². The topological polar surface area (TPSA) is 83.7 Å². The molecule has 2 N–H and O–H groups in total. The largest absolute Gasteiger partial charge is 0.368 e. The number of fused-ring (bicyclic) bond motifs is 1. The number of benzene rings is 3. The normalized spacial score (nSPS) is 20.0. The molecule has 5 rings (SSSR count). The van der Waals surface area contributed by atoms with Gasteiger partial charge in [0, 0.05) is 22.0 Å². The lowest BCUT2D eigenvalue weighted by molar-refractivity contribution is -0.145. The first kappa shape index (κ1) is 30.0. The van der Waals surface area contributed by atoms with Gasteiger partial charge in [0.05, 0.1) is 17.4 Å².